The molecule has 4 rings (SSSR count). The molecule has 0 unspecified atom stereocenters. The summed E-state index contributed by atoms with van der Waals surface area (Å²) in [5, 5.41) is 0. The number of rotatable bonds is 3. The lowest BCUT2D eigenvalue weighted by Crippen LogP contribution is -2.05. The van der Waals surface area contributed by atoms with Crippen LogP contribution in [0.4, 0.5) is 0 Å². The first-order valence-corrected chi connectivity index (χ1v) is 9.65. The monoisotopic (exact) mass is 350 g/mol. The van der Waals surface area contributed by atoms with E-state index in [1.165, 1.54) is 0 Å². The van der Waals surface area contributed by atoms with Crippen molar-refractivity contribution in [1.82, 2.24) is 0 Å². The Morgan fingerprint density at radius 1 is 0.840 bits per heavy atom. The molecule has 1 heterocycles. The van der Waals surface area contributed by atoms with Crippen LogP contribution in [-0.2, 0) is 27.8 Å². The standard InChI is InChI=1S/C21H18O3S/c1-15-7-9-19(10-8-15)25(22,23)21-12-18-14-24-13-17(18)11-20(21)16-5-3-2-4-6-16/h2-12H,13-14H2,1H3. The van der Waals surface area contributed by atoms with Gasteiger partial charge in [-0.2, -0.15) is 0 Å². The number of ether oxygens (including phenoxy) is 1. The quantitative estimate of drug-likeness (QED) is 0.697. The van der Waals surface area contributed by atoms with Gasteiger partial charge in [0.2, 0.25) is 9.84 Å². The molecule has 3 aromatic rings. The summed E-state index contributed by atoms with van der Waals surface area (Å²) in [6.07, 6.45) is 0. The smallest absolute Gasteiger partial charge is 0.207 e. The van der Waals surface area contributed by atoms with Crippen LogP contribution in [0.5, 0.6) is 0 Å². The van der Waals surface area contributed by atoms with Gasteiger partial charge in [-0.25, -0.2) is 8.42 Å². The molecule has 0 N–H and O–H groups in total. The third-order valence-corrected chi connectivity index (χ3v) is 6.33. The normalized spacial score (nSPS) is 13.6. The summed E-state index contributed by atoms with van der Waals surface area (Å²) < 4.78 is 32.1. The molecular formula is C21H18O3S. The molecule has 25 heavy (non-hydrogen) atoms. The third kappa shape index (κ3) is 2.88. The first kappa shape index (κ1) is 16.1. The minimum atomic E-state index is -3.61. The van der Waals surface area contributed by atoms with Crippen LogP contribution in [0.15, 0.2) is 76.5 Å². The van der Waals surface area contributed by atoms with Crippen molar-refractivity contribution < 1.29 is 13.2 Å². The number of hydrogen-bond donors (Lipinski definition) is 0. The van der Waals surface area contributed by atoms with Crippen molar-refractivity contribution in [2.24, 2.45) is 0 Å². The average molecular weight is 350 g/mol. The second kappa shape index (κ2) is 6.14. The van der Waals surface area contributed by atoms with Crippen LogP contribution in [0.3, 0.4) is 0 Å². The zero-order chi connectivity index (χ0) is 17.4. The minimum Gasteiger partial charge on any atom is -0.372 e. The Balaban J connectivity index is 1.96. The van der Waals surface area contributed by atoms with E-state index >= 15 is 0 Å². The minimum absolute atomic E-state index is 0.314. The van der Waals surface area contributed by atoms with E-state index in [1.807, 2.05) is 55.5 Å². The molecule has 126 valence electrons. The predicted molar refractivity (Wildman–Crippen MR) is 97.0 cm³/mol. The van der Waals surface area contributed by atoms with Gasteiger partial charge in [0.1, 0.15) is 0 Å². The maximum absolute atomic E-state index is 13.3. The second-order valence-electron chi connectivity index (χ2n) is 6.29. The van der Waals surface area contributed by atoms with E-state index in [0.717, 1.165) is 27.8 Å². The summed E-state index contributed by atoms with van der Waals surface area (Å²) in [5.41, 5.74) is 4.66. The molecule has 0 radical (unpaired) electrons. The Morgan fingerprint density at radius 3 is 2.16 bits per heavy atom. The van der Waals surface area contributed by atoms with Crippen molar-refractivity contribution in [2.45, 2.75) is 29.9 Å². The van der Waals surface area contributed by atoms with Crippen molar-refractivity contribution in [3.05, 3.63) is 83.4 Å². The highest BCUT2D eigenvalue weighted by molar-refractivity contribution is 7.91. The van der Waals surface area contributed by atoms with E-state index in [9.17, 15) is 8.42 Å². The van der Waals surface area contributed by atoms with Crippen LogP contribution in [0.1, 0.15) is 16.7 Å². The fourth-order valence-corrected chi connectivity index (χ4v) is 4.63. The van der Waals surface area contributed by atoms with Crippen LogP contribution in [0.2, 0.25) is 0 Å². The van der Waals surface area contributed by atoms with Gasteiger partial charge in [-0.1, -0.05) is 48.0 Å². The summed E-state index contributed by atoms with van der Waals surface area (Å²) in [6, 6.07) is 20.4. The lowest BCUT2D eigenvalue weighted by molar-refractivity contribution is 0.134. The van der Waals surface area contributed by atoms with Crippen molar-refractivity contribution >= 4 is 9.84 Å². The van der Waals surface area contributed by atoms with Crippen molar-refractivity contribution in [3.8, 4) is 11.1 Å². The Bertz CT molecular complexity index is 1020. The zero-order valence-electron chi connectivity index (χ0n) is 13.9. The maximum atomic E-state index is 13.3. The van der Waals surface area contributed by atoms with E-state index < -0.39 is 9.84 Å². The average Bonchev–Trinajstić information content (AvgIpc) is 3.09. The summed E-state index contributed by atoms with van der Waals surface area (Å²) in [4.78, 5) is 0.654. The lowest BCUT2D eigenvalue weighted by atomic mass is 10.0. The highest BCUT2D eigenvalue weighted by Gasteiger charge is 2.25. The summed E-state index contributed by atoms with van der Waals surface area (Å²) >= 11 is 0. The van der Waals surface area contributed by atoms with Gasteiger partial charge in [0, 0.05) is 5.56 Å². The van der Waals surface area contributed by atoms with E-state index in [4.69, 9.17) is 4.74 Å². The van der Waals surface area contributed by atoms with Crippen LogP contribution < -0.4 is 0 Å². The lowest BCUT2D eigenvalue weighted by Gasteiger charge is -2.13. The Hall–Kier alpha value is -2.43. The molecular weight excluding hydrogens is 332 g/mol. The Labute approximate surface area is 147 Å². The molecule has 0 aliphatic carbocycles. The molecule has 0 fully saturated rings. The molecule has 4 heteroatoms. The molecule has 3 aromatic carbocycles. The molecule has 0 aromatic heterocycles. The maximum Gasteiger partial charge on any atom is 0.207 e. The van der Waals surface area contributed by atoms with Gasteiger partial charge in [-0.15, -0.1) is 0 Å². The van der Waals surface area contributed by atoms with E-state index in [2.05, 4.69) is 0 Å². The fraction of sp³-hybridized carbons (Fsp3) is 0.143. The largest absolute Gasteiger partial charge is 0.372 e. The number of hydrogen-bond acceptors (Lipinski definition) is 3. The van der Waals surface area contributed by atoms with Gasteiger partial charge < -0.3 is 4.74 Å². The van der Waals surface area contributed by atoms with Gasteiger partial charge in [0.15, 0.2) is 0 Å². The van der Waals surface area contributed by atoms with Gasteiger partial charge >= 0.3 is 0 Å². The first-order chi connectivity index (χ1) is 12.1. The molecule has 1 aliphatic rings. The number of fused-ring (bicyclic) bond motifs is 1. The van der Waals surface area contributed by atoms with E-state index in [-0.39, 0.29) is 0 Å². The number of benzene rings is 3. The van der Waals surface area contributed by atoms with Gasteiger partial charge in [-0.3, -0.25) is 0 Å². The summed E-state index contributed by atoms with van der Waals surface area (Å²) in [5.74, 6) is 0. The first-order valence-electron chi connectivity index (χ1n) is 8.16. The molecule has 0 saturated heterocycles. The van der Waals surface area contributed by atoms with Crippen molar-refractivity contribution in [2.75, 3.05) is 0 Å². The molecule has 0 amide bonds. The summed E-state index contributed by atoms with van der Waals surface area (Å²) in [7, 11) is -3.61. The molecule has 0 bridgehead atoms. The van der Waals surface area contributed by atoms with E-state index in [1.54, 1.807) is 18.2 Å². The van der Waals surface area contributed by atoms with Crippen LogP contribution in [-0.4, -0.2) is 8.42 Å². The van der Waals surface area contributed by atoms with Gasteiger partial charge in [-0.05, 0) is 47.9 Å². The van der Waals surface area contributed by atoms with E-state index in [0.29, 0.717) is 23.0 Å². The fourth-order valence-electron chi connectivity index (χ4n) is 3.12. The topological polar surface area (TPSA) is 43.4 Å². The summed E-state index contributed by atoms with van der Waals surface area (Å²) in [6.45, 7) is 2.93. The van der Waals surface area contributed by atoms with Crippen molar-refractivity contribution in [1.29, 1.82) is 0 Å². The molecule has 0 saturated carbocycles. The van der Waals surface area contributed by atoms with Gasteiger partial charge in [0.25, 0.3) is 0 Å². The SMILES string of the molecule is Cc1ccc(S(=O)(=O)c2cc3c(cc2-c2ccccc2)COC3)cc1. The third-order valence-electron chi connectivity index (χ3n) is 4.52. The Kier molecular flexibility index (Phi) is 3.94. The van der Waals surface area contributed by atoms with Crippen LogP contribution in [0, 0.1) is 6.92 Å². The van der Waals surface area contributed by atoms with Gasteiger partial charge in [0.05, 0.1) is 23.0 Å². The Morgan fingerprint density at radius 2 is 1.48 bits per heavy atom. The zero-order valence-corrected chi connectivity index (χ0v) is 14.7. The second-order valence-corrected chi connectivity index (χ2v) is 8.21. The van der Waals surface area contributed by atoms with Crippen LogP contribution in [0.25, 0.3) is 11.1 Å². The molecule has 3 nitrogen and oxygen atoms in total. The molecule has 0 spiro atoms. The molecule has 0 atom stereocenters. The predicted octanol–water partition coefficient (Wildman–Crippen LogP) is 4.53. The van der Waals surface area contributed by atoms with Crippen molar-refractivity contribution in [3.63, 3.8) is 0 Å². The number of aryl methyl sites for hydroxylation is 1. The van der Waals surface area contributed by atoms with Crippen LogP contribution >= 0.6 is 0 Å². The highest BCUT2D eigenvalue weighted by Crippen LogP contribution is 2.36. The highest BCUT2D eigenvalue weighted by atomic mass is 32.2. The number of sulfone groups is 1. The molecule has 1 aliphatic heterocycles.